The Morgan fingerprint density at radius 2 is 1.52 bits per heavy atom. The summed E-state index contributed by atoms with van der Waals surface area (Å²) < 4.78 is 47.5. The third-order valence-corrected chi connectivity index (χ3v) is 11.4. The summed E-state index contributed by atoms with van der Waals surface area (Å²) in [4.78, 5) is 30.6. The van der Waals surface area contributed by atoms with Crippen LogP contribution in [0.4, 0.5) is 5.69 Å². The number of hydrogen-bond donors (Lipinski definition) is 1. The molecule has 0 heterocycles. The average Bonchev–Trinajstić information content (AvgIpc) is 3.16. The van der Waals surface area contributed by atoms with E-state index in [0.29, 0.717) is 18.1 Å². The van der Waals surface area contributed by atoms with Gasteiger partial charge in [0.15, 0.2) is 11.5 Å². The van der Waals surface area contributed by atoms with Crippen LogP contribution in [-0.4, -0.2) is 64.6 Å². The number of carbonyl (C=O) groups excluding carboxylic acids is 2. The molecule has 1 fully saturated rings. The van der Waals surface area contributed by atoms with Crippen LogP contribution < -0.4 is 23.8 Å². The summed E-state index contributed by atoms with van der Waals surface area (Å²) >= 11 is 3.49. The van der Waals surface area contributed by atoms with Crippen LogP contribution in [0.2, 0.25) is 0 Å². The summed E-state index contributed by atoms with van der Waals surface area (Å²) in [5.74, 6) is 0.330. The smallest absolute Gasteiger partial charge is 0.264 e. The molecule has 276 valence electrons. The van der Waals surface area contributed by atoms with Gasteiger partial charge in [0, 0.05) is 29.5 Å². The second-order valence-electron chi connectivity index (χ2n) is 12.7. The van der Waals surface area contributed by atoms with Gasteiger partial charge in [-0.05, 0) is 79.4 Å². The first-order chi connectivity index (χ1) is 25.1. The van der Waals surface area contributed by atoms with Crippen LogP contribution in [0.25, 0.3) is 0 Å². The van der Waals surface area contributed by atoms with Gasteiger partial charge in [0.2, 0.25) is 11.8 Å². The van der Waals surface area contributed by atoms with Gasteiger partial charge >= 0.3 is 0 Å². The first-order valence-electron chi connectivity index (χ1n) is 17.5. The zero-order chi connectivity index (χ0) is 37.1. The lowest BCUT2D eigenvalue weighted by molar-refractivity contribution is -0.140. The van der Waals surface area contributed by atoms with Crippen LogP contribution >= 0.6 is 15.9 Å². The number of nitrogens with zero attached hydrogens (tertiary/aromatic N) is 2. The number of anilines is 1. The van der Waals surface area contributed by atoms with Crippen LogP contribution in [0.3, 0.4) is 0 Å². The molecule has 1 saturated carbocycles. The first-order valence-corrected chi connectivity index (χ1v) is 19.7. The minimum Gasteiger partial charge on any atom is -0.494 e. The lowest BCUT2D eigenvalue weighted by Gasteiger charge is -2.35. The number of methoxy groups -OCH3 is 2. The molecule has 0 radical (unpaired) electrons. The standard InChI is InChI=1S/C40H46BrN3O7S/c1-4-51-34-21-19-33(20-22-34)44(52(47,48)35-23-24-37(49-2)38(26-35)50-3)28-39(45)43(27-30-15-17-31(41)18-16-30)36(25-29-11-7-5-8-12-29)40(46)42-32-13-9-6-10-14-32/h5,7-8,11-12,15-24,26,32,36H,4,6,9-10,13-14,25,27-28H2,1-3H3,(H,42,46)/t36-/m0/s1. The highest BCUT2D eigenvalue weighted by Crippen LogP contribution is 2.33. The van der Waals surface area contributed by atoms with Gasteiger partial charge in [-0.1, -0.05) is 77.7 Å². The zero-order valence-electron chi connectivity index (χ0n) is 29.8. The molecular formula is C40H46BrN3O7S. The summed E-state index contributed by atoms with van der Waals surface area (Å²) in [5, 5.41) is 3.24. The van der Waals surface area contributed by atoms with Gasteiger partial charge in [-0.2, -0.15) is 0 Å². The molecule has 1 aliphatic rings. The Bertz CT molecular complexity index is 1880. The number of rotatable bonds is 16. The average molecular weight is 793 g/mol. The maximum absolute atomic E-state index is 14.9. The second-order valence-corrected chi connectivity index (χ2v) is 15.4. The van der Waals surface area contributed by atoms with E-state index >= 15 is 0 Å². The quantitative estimate of drug-likeness (QED) is 0.128. The number of sulfonamides is 1. The third-order valence-electron chi connectivity index (χ3n) is 9.15. The Balaban J connectivity index is 1.58. The number of halogens is 1. The summed E-state index contributed by atoms with van der Waals surface area (Å²) in [6, 6.07) is 27.0. The Hall–Kier alpha value is -4.55. The highest BCUT2D eigenvalue weighted by atomic mass is 79.9. The van der Waals surface area contributed by atoms with E-state index in [9.17, 15) is 18.0 Å². The van der Waals surface area contributed by atoms with Crippen LogP contribution in [-0.2, 0) is 32.6 Å². The maximum atomic E-state index is 14.9. The van der Waals surface area contributed by atoms with Crippen LogP contribution in [0.1, 0.15) is 50.2 Å². The fourth-order valence-corrected chi connectivity index (χ4v) is 8.09. The topological polar surface area (TPSA) is 114 Å². The summed E-state index contributed by atoms with van der Waals surface area (Å²) in [5.41, 5.74) is 1.91. The predicted octanol–water partition coefficient (Wildman–Crippen LogP) is 7.15. The number of carbonyl (C=O) groups is 2. The van der Waals surface area contributed by atoms with E-state index in [4.69, 9.17) is 14.2 Å². The van der Waals surface area contributed by atoms with Gasteiger partial charge in [-0.3, -0.25) is 13.9 Å². The molecular weight excluding hydrogens is 746 g/mol. The number of ether oxygens (including phenoxy) is 3. The van der Waals surface area contributed by atoms with Crippen LogP contribution in [0.15, 0.2) is 106 Å². The van der Waals surface area contributed by atoms with E-state index in [1.165, 1.54) is 37.3 Å². The van der Waals surface area contributed by atoms with Crippen molar-refractivity contribution in [3.05, 3.63) is 113 Å². The molecule has 4 aromatic rings. The van der Waals surface area contributed by atoms with E-state index in [2.05, 4.69) is 21.2 Å². The summed E-state index contributed by atoms with van der Waals surface area (Å²) in [6.07, 6.45) is 5.18. The van der Waals surface area contributed by atoms with Gasteiger partial charge in [0.25, 0.3) is 10.0 Å². The molecule has 52 heavy (non-hydrogen) atoms. The second kappa shape index (κ2) is 18.3. The minimum absolute atomic E-state index is 0.00920. The molecule has 4 aromatic carbocycles. The normalized spacial score (nSPS) is 13.8. The molecule has 0 unspecified atom stereocenters. The largest absolute Gasteiger partial charge is 0.494 e. The van der Waals surface area contributed by atoms with E-state index in [0.717, 1.165) is 52.0 Å². The number of nitrogens with one attached hydrogen (secondary N) is 1. The fraction of sp³-hybridized carbons (Fsp3) is 0.350. The van der Waals surface area contributed by atoms with Crippen molar-refractivity contribution in [2.24, 2.45) is 0 Å². The van der Waals surface area contributed by atoms with Crippen LogP contribution in [0.5, 0.6) is 17.2 Å². The van der Waals surface area contributed by atoms with Crippen molar-refractivity contribution >= 4 is 43.5 Å². The third kappa shape index (κ3) is 9.86. The Morgan fingerprint density at radius 1 is 0.846 bits per heavy atom. The minimum atomic E-state index is -4.37. The molecule has 0 saturated heterocycles. The molecule has 0 aromatic heterocycles. The van der Waals surface area contributed by atoms with Gasteiger partial charge in [-0.15, -0.1) is 0 Å². The fourth-order valence-electron chi connectivity index (χ4n) is 6.39. The van der Waals surface area contributed by atoms with Crippen molar-refractivity contribution in [2.45, 2.75) is 69.0 Å². The molecule has 10 nitrogen and oxygen atoms in total. The van der Waals surface area contributed by atoms with Gasteiger partial charge < -0.3 is 24.4 Å². The van der Waals surface area contributed by atoms with Crippen molar-refractivity contribution in [1.29, 1.82) is 0 Å². The van der Waals surface area contributed by atoms with Crippen molar-refractivity contribution < 1.29 is 32.2 Å². The molecule has 2 amide bonds. The van der Waals surface area contributed by atoms with E-state index in [1.54, 1.807) is 24.3 Å². The molecule has 1 atom stereocenters. The van der Waals surface area contributed by atoms with Crippen molar-refractivity contribution in [1.82, 2.24) is 10.2 Å². The van der Waals surface area contributed by atoms with Crippen molar-refractivity contribution in [3.8, 4) is 17.2 Å². The molecule has 0 aliphatic heterocycles. The predicted molar refractivity (Wildman–Crippen MR) is 205 cm³/mol. The zero-order valence-corrected chi connectivity index (χ0v) is 32.2. The Kier molecular flexibility index (Phi) is 13.6. The van der Waals surface area contributed by atoms with E-state index < -0.39 is 28.5 Å². The van der Waals surface area contributed by atoms with Gasteiger partial charge in [0.05, 0.1) is 31.4 Å². The molecule has 1 aliphatic carbocycles. The Labute approximate surface area is 315 Å². The molecule has 0 spiro atoms. The van der Waals surface area contributed by atoms with Crippen molar-refractivity contribution in [3.63, 3.8) is 0 Å². The van der Waals surface area contributed by atoms with Crippen LogP contribution in [0, 0.1) is 0 Å². The van der Waals surface area contributed by atoms with E-state index in [-0.39, 0.29) is 41.2 Å². The summed E-state index contributed by atoms with van der Waals surface area (Å²) in [6.45, 7) is 1.79. The van der Waals surface area contributed by atoms with Crippen molar-refractivity contribution in [2.75, 3.05) is 31.7 Å². The highest BCUT2D eigenvalue weighted by Gasteiger charge is 2.36. The number of benzene rings is 4. The molecule has 12 heteroatoms. The SMILES string of the molecule is CCOc1ccc(N(CC(=O)N(Cc2ccc(Br)cc2)[C@@H](Cc2ccccc2)C(=O)NC2CCCCC2)S(=O)(=O)c2ccc(OC)c(OC)c2)cc1. The summed E-state index contributed by atoms with van der Waals surface area (Å²) in [7, 11) is -1.48. The molecule has 0 bridgehead atoms. The Morgan fingerprint density at radius 3 is 2.15 bits per heavy atom. The van der Waals surface area contributed by atoms with Gasteiger partial charge in [0.1, 0.15) is 18.3 Å². The first kappa shape index (κ1) is 38.7. The number of hydrogen-bond acceptors (Lipinski definition) is 7. The van der Waals surface area contributed by atoms with Gasteiger partial charge in [-0.25, -0.2) is 8.42 Å². The monoisotopic (exact) mass is 791 g/mol. The highest BCUT2D eigenvalue weighted by molar-refractivity contribution is 9.10. The molecule has 5 rings (SSSR count). The lowest BCUT2D eigenvalue weighted by atomic mass is 9.94. The number of amides is 2. The molecule has 1 N–H and O–H groups in total. The lowest BCUT2D eigenvalue weighted by Crippen LogP contribution is -2.55. The van der Waals surface area contributed by atoms with E-state index in [1.807, 2.05) is 61.5 Å². The maximum Gasteiger partial charge on any atom is 0.264 e.